The quantitative estimate of drug-likeness (QED) is 0.0854. The number of rotatable bonds is 22. The standard InChI is InChI=1S/C39H65N7O8/c1-23(2)17-27(19-40)31(48)45-38(8,9)36(54)43-22-29(24(3)4)32(49)46-39(10,11)34(52)41-20-25(5)30(47)44-37(6,7)35(53)42-21-28(33(50)51)18-26-15-13-12-14-16-26/h12-16,23-25,27-29H,17-22,40H2,1-11H3,(H,41,52)(H,42,53)(H,43,54)(H,44,47)(H,45,48)(H,46,49)(H,50,51)/t25-,27-,28-,29+/m0/s1. The van der Waals surface area contributed by atoms with Gasteiger partial charge in [-0.3, -0.25) is 33.6 Å². The molecule has 0 fully saturated rings. The van der Waals surface area contributed by atoms with Gasteiger partial charge in [-0.1, -0.05) is 65.0 Å². The number of aliphatic carboxylic acids is 1. The molecular formula is C39H65N7O8. The Balaban J connectivity index is 2.74. The maximum Gasteiger partial charge on any atom is 0.308 e. The van der Waals surface area contributed by atoms with Crippen LogP contribution >= 0.6 is 0 Å². The van der Waals surface area contributed by atoms with E-state index in [0.29, 0.717) is 6.42 Å². The summed E-state index contributed by atoms with van der Waals surface area (Å²) < 4.78 is 0. The molecule has 0 aliphatic carbocycles. The number of nitrogens with two attached hydrogens (primary N) is 1. The van der Waals surface area contributed by atoms with Crippen molar-refractivity contribution >= 4 is 41.4 Å². The molecule has 0 aliphatic rings. The van der Waals surface area contributed by atoms with Crippen molar-refractivity contribution in [3.63, 3.8) is 0 Å². The van der Waals surface area contributed by atoms with Gasteiger partial charge in [0, 0.05) is 26.2 Å². The first kappa shape index (κ1) is 47.5. The van der Waals surface area contributed by atoms with Gasteiger partial charge in [0.1, 0.15) is 16.6 Å². The molecular weight excluding hydrogens is 694 g/mol. The molecule has 0 saturated carbocycles. The minimum atomic E-state index is -1.40. The summed E-state index contributed by atoms with van der Waals surface area (Å²) in [5, 5.41) is 25.9. The summed E-state index contributed by atoms with van der Waals surface area (Å²) in [5.74, 6) is -6.75. The van der Waals surface area contributed by atoms with Crippen molar-refractivity contribution in [2.45, 2.75) is 106 Å². The molecule has 0 unspecified atom stereocenters. The Morgan fingerprint density at radius 2 is 1.07 bits per heavy atom. The lowest BCUT2D eigenvalue weighted by atomic mass is 9.92. The van der Waals surface area contributed by atoms with E-state index >= 15 is 0 Å². The average molecular weight is 760 g/mol. The third kappa shape index (κ3) is 15.4. The maximum atomic E-state index is 13.4. The number of carboxylic acids is 1. The Labute approximate surface area is 320 Å². The molecule has 0 heterocycles. The fourth-order valence-electron chi connectivity index (χ4n) is 5.49. The van der Waals surface area contributed by atoms with Gasteiger partial charge in [-0.25, -0.2) is 0 Å². The second-order valence-electron chi connectivity index (χ2n) is 16.5. The molecule has 15 nitrogen and oxygen atoms in total. The van der Waals surface area contributed by atoms with Crippen LogP contribution in [-0.2, 0) is 40.0 Å². The Hall–Kier alpha value is -4.53. The van der Waals surface area contributed by atoms with Gasteiger partial charge in [-0.2, -0.15) is 0 Å². The van der Waals surface area contributed by atoms with Crippen LogP contribution in [0.2, 0.25) is 0 Å². The zero-order chi connectivity index (χ0) is 41.6. The van der Waals surface area contributed by atoms with E-state index in [2.05, 4.69) is 31.9 Å². The number of nitrogens with one attached hydrogen (secondary N) is 6. The third-order valence-corrected chi connectivity index (χ3v) is 9.24. The van der Waals surface area contributed by atoms with Gasteiger partial charge < -0.3 is 42.7 Å². The SMILES string of the molecule is CC(C)C[C@@H](CN)C(=O)NC(C)(C)C(=O)NC[C@@H](C(=O)NC(C)(C)C(=O)NC[C@H](C)C(=O)NC(C)(C)C(=O)NC[C@H](Cc1ccccc1)C(=O)O)C(C)C. The molecule has 0 aliphatic heterocycles. The lowest BCUT2D eigenvalue weighted by Crippen LogP contribution is -2.60. The predicted octanol–water partition coefficient (Wildman–Crippen LogP) is 1.49. The summed E-state index contributed by atoms with van der Waals surface area (Å²) in [5.41, 5.74) is 2.55. The highest BCUT2D eigenvalue weighted by molar-refractivity contribution is 5.94. The van der Waals surface area contributed by atoms with Crippen LogP contribution < -0.4 is 37.6 Å². The fraction of sp³-hybridized carbons (Fsp3) is 0.667. The van der Waals surface area contributed by atoms with Gasteiger partial charge in [0.2, 0.25) is 35.4 Å². The minimum Gasteiger partial charge on any atom is -0.481 e. The summed E-state index contributed by atoms with van der Waals surface area (Å²) in [6, 6.07) is 9.05. The molecule has 15 heteroatoms. The van der Waals surface area contributed by atoms with E-state index in [1.165, 1.54) is 27.7 Å². The van der Waals surface area contributed by atoms with Crippen LogP contribution in [0.1, 0.15) is 88.1 Å². The Morgan fingerprint density at radius 3 is 1.52 bits per heavy atom. The predicted molar refractivity (Wildman–Crippen MR) is 206 cm³/mol. The number of carbonyl (C=O) groups excluding carboxylic acids is 6. The first-order valence-corrected chi connectivity index (χ1v) is 18.6. The second-order valence-corrected chi connectivity index (χ2v) is 16.5. The van der Waals surface area contributed by atoms with Crippen molar-refractivity contribution in [1.82, 2.24) is 31.9 Å². The second kappa shape index (κ2) is 20.8. The number of amides is 6. The highest BCUT2D eigenvalue weighted by Gasteiger charge is 2.37. The Morgan fingerprint density at radius 1 is 0.630 bits per heavy atom. The van der Waals surface area contributed by atoms with E-state index in [-0.39, 0.29) is 50.3 Å². The van der Waals surface area contributed by atoms with Crippen LogP contribution in [-0.4, -0.2) is 89.3 Å². The average Bonchev–Trinajstić information content (AvgIpc) is 3.06. The fourth-order valence-corrected chi connectivity index (χ4v) is 5.49. The van der Waals surface area contributed by atoms with Gasteiger partial charge in [-0.15, -0.1) is 0 Å². The highest BCUT2D eigenvalue weighted by atomic mass is 16.4. The first-order chi connectivity index (χ1) is 24.8. The van der Waals surface area contributed by atoms with Gasteiger partial charge >= 0.3 is 5.97 Å². The van der Waals surface area contributed by atoms with Crippen molar-refractivity contribution in [2.24, 2.45) is 41.2 Å². The van der Waals surface area contributed by atoms with Gasteiger partial charge in [0.25, 0.3) is 0 Å². The van der Waals surface area contributed by atoms with Crippen molar-refractivity contribution in [1.29, 1.82) is 0 Å². The lowest BCUT2D eigenvalue weighted by Gasteiger charge is -2.31. The van der Waals surface area contributed by atoms with E-state index in [4.69, 9.17) is 5.73 Å². The summed E-state index contributed by atoms with van der Waals surface area (Å²) in [7, 11) is 0. The van der Waals surface area contributed by atoms with Crippen LogP contribution in [0.5, 0.6) is 0 Å². The van der Waals surface area contributed by atoms with Crippen LogP contribution in [0, 0.1) is 35.5 Å². The molecule has 54 heavy (non-hydrogen) atoms. The molecule has 4 atom stereocenters. The van der Waals surface area contributed by atoms with E-state index in [1.54, 1.807) is 32.9 Å². The maximum absolute atomic E-state index is 13.4. The molecule has 1 aromatic carbocycles. The third-order valence-electron chi connectivity index (χ3n) is 9.24. The molecule has 0 bridgehead atoms. The summed E-state index contributed by atoms with van der Waals surface area (Å²) >= 11 is 0. The zero-order valence-corrected chi connectivity index (χ0v) is 34.0. The lowest BCUT2D eigenvalue weighted by molar-refractivity contribution is -0.142. The van der Waals surface area contributed by atoms with Crippen LogP contribution in [0.4, 0.5) is 0 Å². The smallest absolute Gasteiger partial charge is 0.308 e. The number of hydrogen-bond acceptors (Lipinski definition) is 8. The molecule has 1 aromatic rings. The number of carboxylic acid groups (broad SMARTS) is 1. The van der Waals surface area contributed by atoms with E-state index in [0.717, 1.165) is 5.56 Å². The zero-order valence-electron chi connectivity index (χ0n) is 34.0. The normalized spacial score (nSPS) is 14.3. The first-order valence-electron chi connectivity index (χ1n) is 18.6. The number of hydrogen-bond donors (Lipinski definition) is 8. The van der Waals surface area contributed by atoms with Crippen LogP contribution in [0.3, 0.4) is 0 Å². The van der Waals surface area contributed by atoms with Crippen LogP contribution in [0.25, 0.3) is 0 Å². The van der Waals surface area contributed by atoms with E-state index in [9.17, 15) is 38.7 Å². The molecule has 9 N–H and O–H groups in total. The van der Waals surface area contributed by atoms with Crippen molar-refractivity contribution in [2.75, 3.05) is 26.2 Å². The molecule has 0 saturated heterocycles. The van der Waals surface area contributed by atoms with Crippen molar-refractivity contribution in [3.8, 4) is 0 Å². The highest BCUT2D eigenvalue weighted by Crippen LogP contribution is 2.16. The molecule has 304 valence electrons. The largest absolute Gasteiger partial charge is 0.481 e. The Kier molecular flexibility index (Phi) is 18.3. The summed E-state index contributed by atoms with van der Waals surface area (Å²) in [6.45, 7) is 18.2. The molecule has 0 radical (unpaired) electrons. The number of carbonyl (C=O) groups is 7. The summed E-state index contributed by atoms with van der Waals surface area (Å²) in [4.78, 5) is 90.4. The topological polar surface area (TPSA) is 238 Å². The molecule has 0 aromatic heterocycles. The molecule has 6 amide bonds. The van der Waals surface area contributed by atoms with Gasteiger partial charge in [0.15, 0.2) is 0 Å². The minimum absolute atomic E-state index is 0.0454. The van der Waals surface area contributed by atoms with E-state index in [1.807, 2.05) is 45.9 Å². The van der Waals surface area contributed by atoms with Crippen molar-refractivity contribution < 1.29 is 38.7 Å². The van der Waals surface area contributed by atoms with Gasteiger partial charge in [0.05, 0.1) is 23.7 Å². The van der Waals surface area contributed by atoms with Crippen molar-refractivity contribution in [3.05, 3.63) is 35.9 Å². The monoisotopic (exact) mass is 759 g/mol. The molecule has 1 rings (SSSR count). The van der Waals surface area contributed by atoms with Crippen LogP contribution in [0.15, 0.2) is 30.3 Å². The molecule has 0 spiro atoms. The van der Waals surface area contributed by atoms with Gasteiger partial charge in [-0.05, 0) is 71.8 Å². The summed E-state index contributed by atoms with van der Waals surface area (Å²) in [6.07, 6.45) is 0.801. The van der Waals surface area contributed by atoms with E-state index < -0.39 is 75.8 Å². The Bertz CT molecular complexity index is 1460. The number of benzene rings is 1.